The zero-order valence-corrected chi connectivity index (χ0v) is 14.0. The van der Waals surface area contributed by atoms with E-state index in [9.17, 15) is 0 Å². The van der Waals surface area contributed by atoms with E-state index in [1.54, 1.807) is 0 Å². The summed E-state index contributed by atoms with van der Waals surface area (Å²) in [5.41, 5.74) is 2.02. The molecule has 0 amide bonds. The van der Waals surface area contributed by atoms with E-state index >= 15 is 0 Å². The summed E-state index contributed by atoms with van der Waals surface area (Å²) in [4.78, 5) is 0. The fourth-order valence-electron chi connectivity index (χ4n) is 2.08. The predicted molar refractivity (Wildman–Crippen MR) is 93.4 cm³/mol. The van der Waals surface area contributed by atoms with Gasteiger partial charge in [0.05, 0.1) is 6.61 Å². The van der Waals surface area contributed by atoms with Gasteiger partial charge in [0, 0.05) is 10.0 Å². The number of rotatable bonds is 4. The van der Waals surface area contributed by atoms with Crippen molar-refractivity contribution in [2.45, 2.75) is 0 Å². The third-order valence-corrected chi connectivity index (χ3v) is 3.65. The van der Waals surface area contributed by atoms with Crippen LogP contribution in [0.5, 0.6) is 11.5 Å². The molecule has 116 valence electrons. The largest absolute Gasteiger partial charge is 0.454 e. The number of hydrogen-bond acceptors (Lipinski definition) is 3. The third kappa shape index (κ3) is 4.62. The number of hydrogen-bond donors (Lipinski definition) is 0. The predicted octanol–water partition coefficient (Wildman–Crippen LogP) is 4.26. The Bertz CT molecular complexity index is 772. The first-order chi connectivity index (χ1) is 11.3. The van der Waals surface area contributed by atoms with Crippen LogP contribution in [0.4, 0.5) is 0 Å². The number of benzene rings is 2. The van der Waals surface area contributed by atoms with Crippen LogP contribution in [0.3, 0.4) is 0 Å². The van der Waals surface area contributed by atoms with Gasteiger partial charge in [0.15, 0.2) is 11.5 Å². The molecule has 2 aromatic carbocycles. The summed E-state index contributed by atoms with van der Waals surface area (Å²) in [6, 6.07) is 13.7. The molecule has 1 heterocycles. The fourth-order valence-corrected chi connectivity index (χ4v) is 2.48. The van der Waals surface area contributed by atoms with Gasteiger partial charge in [0.2, 0.25) is 6.79 Å². The first-order valence-corrected chi connectivity index (χ1v) is 7.99. The Kier molecular flexibility index (Phi) is 5.36. The quantitative estimate of drug-likeness (QED) is 0.594. The first kappa shape index (κ1) is 15.7. The lowest BCUT2D eigenvalue weighted by Gasteiger charge is -1.98. The van der Waals surface area contributed by atoms with E-state index in [4.69, 9.17) is 14.2 Å². The normalized spacial score (nSPS) is 12.2. The molecule has 3 nitrogen and oxygen atoms in total. The van der Waals surface area contributed by atoms with E-state index in [0.29, 0.717) is 20.0 Å². The number of ether oxygens (including phenoxy) is 3. The molecule has 3 rings (SSSR count). The summed E-state index contributed by atoms with van der Waals surface area (Å²) in [7, 11) is 0. The molecule has 1 aliphatic rings. The average Bonchev–Trinajstić information content (AvgIpc) is 3.02. The van der Waals surface area contributed by atoms with Gasteiger partial charge >= 0.3 is 0 Å². The van der Waals surface area contributed by atoms with Gasteiger partial charge in [-0.3, -0.25) is 0 Å². The van der Waals surface area contributed by atoms with Gasteiger partial charge in [-0.1, -0.05) is 52.1 Å². The molecule has 0 atom stereocenters. The van der Waals surface area contributed by atoms with Crippen molar-refractivity contribution < 1.29 is 14.2 Å². The van der Waals surface area contributed by atoms with E-state index in [0.717, 1.165) is 27.1 Å². The Morgan fingerprint density at radius 2 is 2.04 bits per heavy atom. The van der Waals surface area contributed by atoms with Crippen molar-refractivity contribution in [3.8, 4) is 23.3 Å². The third-order valence-electron chi connectivity index (χ3n) is 3.15. The highest BCUT2D eigenvalue weighted by molar-refractivity contribution is 9.10. The van der Waals surface area contributed by atoms with Crippen LogP contribution in [0.2, 0.25) is 0 Å². The maximum Gasteiger partial charge on any atom is 0.231 e. The van der Waals surface area contributed by atoms with Crippen LogP contribution in [0, 0.1) is 11.8 Å². The molecule has 0 saturated carbocycles. The molecule has 23 heavy (non-hydrogen) atoms. The molecule has 0 aliphatic carbocycles. The standard InChI is InChI=1S/C19H15BrO3/c20-17-7-1-4-15(12-17)5-2-10-21-11-3-6-16-8-9-18-19(13-16)23-14-22-18/h1,3-4,6-9,12-13H,10-11,14H2/b6-3+. The van der Waals surface area contributed by atoms with Crippen LogP contribution in [-0.2, 0) is 4.74 Å². The van der Waals surface area contributed by atoms with Crippen LogP contribution in [0.15, 0.2) is 53.0 Å². The highest BCUT2D eigenvalue weighted by Crippen LogP contribution is 2.32. The Morgan fingerprint density at radius 1 is 1.13 bits per heavy atom. The van der Waals surface area contributed by atoms with Crippen molar-refractivity contribution in [1.29, 1.82) is 0 Å². The summed E-state index contributed by atoms with van der Waals surface area (Å²) < 4.78 is 17.1. The lowest BCUT2D eigenvalue weighted by Crippen LogP contribution is -1.92. The summed E-state index contributed by atoms with van der Waals surface area (Å²) in [6.45, 7) is 1.21. The average molecular weight is 371 g/mol. The van der Waals surface area contributed by atoms with Gasteiger partial charge in [-0.05, 0) is 35.9 Å². The van der Waals surface area contributed by atoms with E-state index in [-0.39, 0.29) is 0 Å². The molecule has 0 bridgehead atoms. The molecule has 4 heteroatoms. The van der Waals surface area contributed by atoms with E-state index < -0.39 is 0 Å². The van der Waals surface area contributed by atoms with Crippen LogP contribution >= 0.6 is 15.9 Å². The smallest absolute Gasteiger partial charge is 0.231 e. The van der Waals surface area contributed by atoms with Crippen molar-refractivity contribution in [3.63, 3.8) is 0 Å². The minimum Gasteiger partial charge on any atom is -0.454 e. The Balaban J connectivity index is 1.43. The molecule has 2 aromatic rings. The minimum absolute atomic E-state index is 0.294. The molecule has 0 spiro atoms. The summed E-state index contributed by atoms with van der Waals surface area (Å²) in [5.74, 6) is 7.64. The monoisotopic (exact) mass is 370 g/mol. The number of fused-ring (bicyclic) bond motifs is 1. The van der Waals surface area contributed by atoms with E-state index in [1.165, 1.54) is 0 Å². The van der Waals surface area contributed by atoms with Crippen molar-refractivity contribution in [1.82, 2.24) is 0 Å². The highest BCUT2D eigenvalue weighted by atomic mass is 79.9. The molecule has 0 unspecified atom stereocenters. The highest BCUT2D eigenvalue weighted by Gasteiger charge is 2.11. The zero-order valence-electron chi connectivity index (χ0n) is 12.4. The van der Waals surface area contributed by atoms with Gasteiger partial charge < -0.3 is 14.2 Å². The second-order valence-electron chi connectivity index (χ2n) is 4.84. The Labute approximate surface area is 144 Å². The second kappa shape index (κ2) is 7.87. The molecule has 0 fully saturated rings. The van der Waals surface area contributed by atoms with Gasteiger partial charge in [0.1, 0.15) is 6.61 Å². The molecule has 0 saturated heterocycles. The molecule has 0 aromatic heterocycles. The molecule has 1 aliphatic heterocycles. The summed E-state index contributed by atoms with van der Waals surface area (Å²) in [6.07, 6.45) is 3.95. The van der Waals surface area contributed by atoms with Crippen LogP contribution in [-0.4, -0.2) is 20.0 Å². The van der Waals surface area contributed by atoms with Crippen molar-refractivity contribution in [3.05, 3.63) is 64.1 Å². The molecule has 0 radical (unpaired) electrons. The van der Waals surface area contributed by atoms with Gasteiger partial charge in [-0.15, -0.1) is 0 Å². The fraction of sp³-hybridized carbons (Fsp3) is 0.158. The van der Waals surface area contributed by atoms with E-state index in [2.05, 4.69) is 27.8 Å². The maximum absolute atomic E-state index is 5.47. The molecular weight excluding hydrogens is 356 g/mol. The second-order valence-corrected chi connectivity index (χ2v) is 5.76. The maximum atomic E-state index is 5.47. The SMILES string of the molecule is Brc1cccc(C#CCOC/C=C/c2ccc3c(c2)OCO3)c1. The van der Waals surface area contributed by atoms with Crippen LogP contribution in [0.25, 0.3) is 6.08 Å². The first-order valence-electron chi connectivity index (χ1n) is 7.20. The number of halogens is 1. The summed E-state index contributed by atoms with van der Waals surface area (Å²) in [5, 5.41) is 0. The minimum atomic E-state index is 0.294. The van der Waals surface area contributed by atoms with Crippen molar-refractivity contribution in [2.75, 3.05) is 20.0 Å². The lowest BCUT2D eigenvalue weighted by molar-refractivity contribution is 0.174. The summed E-state index contributed by atoms with van der Waals surface area (Å²) >= 11 is 3.42. The van der Waals surface area contributed by atoms with Gasteiger partial charge in [-0.25, -0.2) is 0 Å². The lowest BCUT2D eigenvalue weighted by atomic mass is 10.2. The topological polar surface area (TPSA) is 27.7 Å². The molecule has 0 N–H and O–H groups in total. The Morgan fingerprint density at radius 3 is 2.96 bits per heavy atom. The van der Waals surface area contributed by atoms with Crippen LogP contribution in [0.1, 0.15) is 11.1 Å². The van der Waals surface area contributed by atoms with Gasteiger partial charge in [0.25, 0.3) is 0 Å². The zero-order chi connectivity index (χ0) is 15.9. The van der Waals surface area contributed by atoms with Crippen molar-refractivity contribution >= 4 is 22.0 Å². The Hall–Kier alpha value is -2.22. The van der Waals surface area contributed by atoms with E-state index in [1.807, 2.05) is 54.6 Å². The van der Waals surface area contributed by atoms with Crippen LogP contribution < -0.4 is 9.47 Å². The molecular formula is C19H15BrO3. The van der Waals surface area contributed by atoms with Gasteiger partial charge in [-0.2, -0.15) is 0 Å². The van der Waals surface area contributed by atoms with Crippen molar-refractivity contribution in [2.24, 2.45) is 0 Å².